The quantitative estimate of drug-likeness (QED) is 0.703. The van der Waals surface area contributed by atoms with Crippen molar-refractivity contribution < 1.29 is 4.39 Å². The van der Waals surface area contributed by atoms with Crippen molar-refractivity contribution in [2.24, 2.45) is 0 Å². The Labute approximate surface area is 130 Å². The molecule has 3 rings (SSSR count). The molecule has 2 aromatic carbocycles. The fourth-order valence-electron chi connectivity index (χ4n) is 2.01. The first-order valence-corrected chi connectivity index (χ1v) is 6.87. The highest BCUT2D eigenvalue weighted by atomic mass is 35.5. The molecule has 1 heterocycles. The highest BCUT2D eigenvalue weighted by Crippen LogP contribution is 2.34. The van der Waals surface area contributed by atoms with Crippen molar-refractivity contribution in [2.45, 2.75) is 0 Å². The van der Waals surface area contributed by atoms with E-state index in [9.17, 15) is 4.39 Å². The number of halogens is 3. The Balaban J connectivity index is 2.13. The first kappa shape index (κ1) is 13.9. The van der Waals surface area contributed by atoms with Gasteiger partial charge < -0.3 is 5.73 Å². The van der Waals surface area contributed by atoms with E-state index in [-0.39, 0.29) is 5.02 Å². The second kappa shape index (κ2) is 5.39. The predicted octanol–water partition coefficient (Wildman–Crippen LogP) is 4.57. The normalized spacial score (nSPS) is 10.8. The summed E-state index contributed by atoms with van der Waals surface area (Å²) >= 11 is 11.8. The number of hydrogen-bond acceptors (Lipinski definition) is 2. The summed E-state index contributed by atoms with van der Waals surface area (Å²) in [4.78, 5) is 0. The van der Waals surface area contributed by atoms with Crippen LogP contribution < -0.4 is 5.73 Å². The minimum Gasteiger partial charge on any atom is -0.396 e. The predicted molar refractivity (Wildman–Crippen MR) is 83.4 cm³/mol. The second-order valence-corrected chi connectivity index (χ2v) is 5.27. The zero-order valence-corrected chi connectivity index (χ0v) is 12.2. The average Bonchev–Trinajstić information content (AvgIpc) is 2.86. The second-order valence-electron chi connectivity index (χ2n) is 4.46. The van der Waals surface area contributed by atoms with E-state index in [4.69, 9.17) is 28.9 Å². The molecule has 0 atom stereocenters. The van der Waals surface area contributed by atoms with Gasteiger partial charge in [-0.1, -0.05) is 41.4 Å². The van der Waals surface area contributed by atoms with E-state index in [1.54, 1.807) is 10.9 Å². The van der Waals surface area contributed by atoms with Crippen LogP contribution in [-0.2, 0) is 0 Å². The van der Waals surface area contributed by atoms with Gasteiger partial charge in [-0.2, -0.15) is 5.10 Å². The van der Waals surface area contributed by atoms with E-state index in [2.05, 4.69) is 5.10 Å². The SMILES string of the molecule is Nc1cn(-c2ccccc2)nc1-c1cc(F)c(Cl)cc1Cl. The van der Waals surface area contributed by atoms with Crippen molar-refractivity contribution in [3.8, 4) is 16.9 Å². The molecule has 0 aliphatic rings. The van der Waals surface area contributed by atoms with Crippen LogP contribution in [0.2, 0.25) is 10.0 Å². The standard InChI is InChI=1S/C15H10Cl2FN3/c16-11-7-12(17)13(18)6-10(11)15-14(19)8-21(20-15)9-4-2-1-3-5-9/h1-8H,19H2. The number of para-hydroxylation sites is 1. The van der Waals surface area contributed by atoms with Crippen LogP contribution >= 0.6 is 23.2 Å². The van der Waals surface area contributed by atoms with Gasteiger partial charge >= 0.3 is 0 Å². The van der Waals surface area contributed by atoms with Gasteiger partial charge in [-0.25, -0.2) is 9.07 Å². The molecule has 0 fully saturated rings. The van der Waals surface area contributed by atoms with Crippen molar-refractivity contribution in [3.63, 3.8) is 0 Å². The highest BCUT2D eigenvalue weighted by Gasteiger charge is 2.15. The first-order chi connectivity index (χ1) is 10.1. The Morgan fingerprint density at radius 3 is 2.48 bits per heavy atom. The van der Waals surface area contributed by atoms with Crippen LogP contribution in [0.1, 0.15) is 0 Å². The highest BCUT2D eigenvalue weighted by molar-refractivity contribution is 6.36. The lowest BCUT2D eigenvalue weighted by atomic mass is 10.1. The lowest BCUT2D eigenvalue weighted by molar-refractivity contribution is 0.628. The molecule has 3 aromatic rings. The number of nitrogens with two attached hydrogens (primary N) is 1. The molecule has 0 saturated carbocycles. The lowest BCUT2D eigenvalue weighted by Gasteiger charge is -2.04. The Morgan fingerprint density at radius 2 is 1.76 bits per heavy atom. The van der Waals surface area contributed by atoms with Crippen LogP contribution in [0, 0.1) is 5.82 Å². The summed E-state index contributed by atoms with van der Waals surface area (Å²) in [6.07, 6.45) is 1.66. The molecule has 6 heteroatoms. The smallest absolute Gasteiger partial charge is 0.142 e. The van der Waals surface area contributed by atoms with Crippen molar-refractivity contribution in [1.82, 2.24) is 9.78 Å². The monoisotopic (exact) mass is 321 g/mol. The minimum absolute atomic E-state index is 0.0372. The van der Waals surface area contributed by atoms with Crippen LogP contribution in [0.25, 0.3) is 16.9 Å². The first-order valence-electron chi connectivity index (χ1n) is 6.12. The van der Waals surface area contributed by atoms with Gasteiger partial charge in [-0.3, -0.25) is 0 Å². The van der Waals surface area contributed by atoms with E-state index < -0.39 is 5.82 Å². The van der Waals surface area contributed by atoms with Crippen molar-refractivity contribution in [1.29, 1.82) is 0 Å². The molecule has 0 spiro atoms. The van der Waals surface area contributed by atoms with Crippen molar-refractivity contribution in [2.75, 3.05) is 5.73 Å². The number of aromatic nitrogens is 2. The summed E-state index contributed by atoms with van der Waals surface area (Å²) < 4.78 is 15.3. The number of benzene rings is 2. The Hall–Kier alpha value is -2.04. The van der Waals surface area contributed by atoms with Gasteiger partial charge in [0, 0.05) is 5.56 Å². The maximum Gasteiger partial charge on any atom is 0.142 e. The van der Waals surface area contributed by atoms with E-state index in [1.165, 1.54) is 12.1 Å². The summed E-state index contributed by atoms with van der Waals surface area (Å²) in [6.45, 7) is 0. The van der Waals surface area contributed by atoms with E-state index in [0.29, 0.717) is 22.0 Å². The fourth-order valence-corrected chi connectivity index (χ4v) is 2.49. The summed E-state index contributed by atoms with van der Waals surface area (Å²) in [5, 5.41) is 4.64. The molecule has 0 saturated heterocycles. The van der Waals surface area contributed by atoms with Crippen LogP contribution in [0.15, 0.2) is 48.7 Å². The van der Waals surface area contributed by atoms with Gasteiger partial charge in [0.2, 0.25) is 0 Å². The largest absolute Gasteiger partial charge is 0.396 e. The zero-order valence-electron chi connectivity index (χ0n) is 10.7. The van der Waals surface area contributed by atoms with Gasteiger partial charge in [-0.15, -0.1) is 0 Å². The Kier molecular flexibility index (Phi) is 3.57. The lowest BCUT2D eigenvalue weighted by Crippen LogP contribution is -1.94. The third kappa shape index (κ3) is 2.60. The van der Waals surface area contributed by atoms with Gasteiger partial charge in [-0.05, 0) is 24.3 Å². The number of nitrogens with zero attached hydrogens (tertiary/aromatic N) is 2. The van der Waals surface area contributed by atoms with E-state index >= 15 is 0 Å². The van der Waals surface area contributed by atoms with Gasteiger partial charge in [0.15, 0.2) is 0 Å². The molecule has 21 heavy (non-hydrogen) atoms. The number of rotatable bonds is 2. The van der Waals surface area contributed by atoms with Gasteiger partial charge in [0.25, 0.3) is 0 Å². The summed E-state index contributed by atoms with van der Waals surface area (Å²) in [5.41, 5.74) is 8.05. The molecule has 3 nitrogen and oxygen atoms in total. The van der Waals surface area contributed by atoms with Crippen molar-refractivity contribution >= 4 is 28.9 Å². The topological polar surface area (TPSA) is 43.8 Å². The van der Waals surface area contributed by atoms with Gasteiger partial charge in [0.1, 0.15) is 11.5 Å². The average molecular weight is 322 g/mol. The maximum absolute atomic E-state index is 13.6. The maximum atomic E-state index is 13.6. The van der Waals surface area contributed by atoms with E-state index in [1.807, 2.05) is 30.3 Å². The molecule has 1 aromatic heterocycles. The minimum atomic E-state index is -0.565. The van der Waals surface area contributed by atoms with Crippen LogP contribution in [-0.4, -0.2) is 9.78 Å². The molecule has 0 aliphatic heterocycles. The summed E-state index contributed by atoms with van der Waals surface area (Å²) in [6, 6.07) is 12.0. The number of hydrogen-bond donors (Lipinski definition) is 1. The summed E-state index contributed by atoms with van der Waals surface area (Å²) in [7, 11) is 0. The number of anilines is 1. The van der Waals surface area contributed by atoms with Crippen LogP contribution in [0.5, 0.6) is 0 Å². The van der Waals surface area contributed by atoms with E-state index in [0.717, 1.165) is 5.69 Å². The third-order valence-electron chi connectivity index (χ3n) is 3.03. The molecule has 0 amide bonds. The van der Waals surface area contributed by atoms with Crippen molar-refractivity contribution in [3.05, 3.63) is 64.5 Å². The molecule has 0 aliphatic carbocycles. The molecular formula is C15H10Cl2FN3. The Bertz CT molecular complexity index is 800. The molecule has 0 unspecified atom stereocenters. The van der Waals surface area contributed by atoms with Crippen LogP contribution in [0.3, 0.4) is 0 Å². The number of nitrogen functional groups attached to an aromatic ring is 1. The third-order valence-corrected chi connectivity index (χ3v) is 3.63. The molecule has 0 bridgehead atoms. The molecule has 106 valence electrons. The molecule has 0 radical (unpaired) electrons. The molecule has 2 N–H and O–H groups in total. The van der Waals surface area contributed by atoms with Gasteiger partial charge in [0.05, 0.1) is 27.6 Å². The van der Waals surface area contributed by atoms with Crippen LogP contribution in [0.4, 0.5) is 10.1 Å². The molecular weight excluding hydrogens is 312 g/mol. The summed E-state index contributed by atoms with van der Waals surface area (Å²) in [5.74, 6) is -0.565. The Morgan fingerprint density at radius 1 is 1.05 bits per heavy atom. The fraction of sp³-hybridized carbons (Fsp3) is 0. The zero-order chi connectivity index (χ0) is 15.0.